The minimum Gasteiger partial charge on any atom is -0.483 e. The van der Waals surface area contributed by atoms with E-state index in [0.29, 0.717) is 11.4 Å². The van der Waals surface area contributed by atoms with E-state index in [0.717, 1.165) is 28.5 Å². The first-order valence-electron chi connectivity index (χ1n) is 8.58. The van der Waals surface area contributed by atoms with Crippen LogP contribution in [-0.4, -0.2) is 23.1 Å². The van der Waals surface area contributed by atoms with Gasteiger partial charge in [0.1, 0.15) is 5.60 Å². The van der Waals surface area contributed by atoms with Crippen molar-refractivity contribution in [1.29, 1.82) is 0 Å². The highest BCUT2D eigenvalue weighted by molar-refractivity contribution is 6.01. The first kappa shape index (κ1) is 16.4. The van der Waals surface area contributed by atoms with Crippen molar-refractivity contribution >= 4 is 22.4 Å². The molecule has 4 rings (SSSR count). The van der Waals surface area contributed by atoms with Crippen LogP contribution in [0.25, 0.3) is 10.8 Å². The van der Waals surface area contributed by atoms with E-state index in [1.54, 1.807) is 12.4 Å². The summed E-state index contributed by atoms with van der Waals surface area (Å²) in [4.78, 5) is 16.5. The maximum absolute atomic E-state index is 12.4. The summed E-state index contributed by atoms with van der Waals surface area (Å²) < 4.78 is 11.7. The second kappa shape index (κ2) is 6.33. The molecular formula is C21H20N2O3. The molecule has 3 aromatic rings. The maximum Gasteiger partial charge on any atom is 0.262 e. The van der Waals surface area contributed by atoms with Gasteiger partial charge >= 0.3 is 0 Å². The average molecular weight is 348 g/mol. The fourth-order valence-electron chi connectivity index (χ4n) is 3.25. The van der Waals surface area contributed by atoms with Crippen LogP contribution in [-0.2, 0) is 11.2 Å². The van der Waals surface area contributed by atoms with Gasteiger partial charge in [0.05, 0.1) is 11.9 Å². The molecular weight excluding hydrogens is 328 g/mol. The van der Waals surface area contributed by atoms with E-state index in [1.165, 1.54) is 0 Å². The molecule has 0 bridgehead atoms. The summed E-state index contributed by atoms with van der Waals surface area (Å²) in [6.07, 6.45) is 4.24. The minimum atomic E-state index is -0.251. The summed E-state index contributed by atoms with van der Waals surface area (Å²) in [6, 6.07) is 13.6. The summed E-state index contributed by atoms with van der Waals surface area (Å²) in [7, 11) is 0. The first-order valence-corrected chi connectivity index (χ1v) is 8.58. The fourth-order valence-corrected chi connectivity index (χ4v) is 3.25. The monoisotopic (exact) mass is 348 g/mol. The van der Waals surface area contributed by atoms with Crippen molar-refractivity contribution in [1.82, 2.24) is 4.98 Å². The van der Waals surface area contributed by atoms with Crippen LogP contribution in [0.5, 0.6) is 11.5 Å². The predicted octanol–water partition coefficient (Wildman–Crippen LogP) is 3.97. The Morgan fingerprint density at radius 3 is 2.92 bits per heavy atom. The molecule has 5 heteroatoms. The molecule has 0 radical (unpaired) electrons. The number of anilines is 1. The van der Waals surface area contributed by atoms with Gasteiger partial charge in [-0.2, -0.15) is 0 Å². The van der Waals surface area contributed by atoms with Gasteiger partial charge in [0, 0.05) is 29.0 Å². The Morgan fingerprint density at radius 2 is 2.04 bits per heavy atom. The van der Waals surface area contributed by atoms with Crippen LogP contribution in [0.4, 0.5) is 5.69 Å². The summed E-state index contributed by atoms with van der Waals surface area (Å²) in [5.41, 5.74) is 1.53. The van der Waals surface area contributed by atoms with Crippen molar-refractivity contribution in [2.45, 2.75) is 25.9 Å². The highest BCUT2D eigenvalue weighted by Gasteiger charge is 2.32. The van der Waals surface area contributed by atoms with Gasteiger partial charge in [-0.25, -0.2) is 0 Å². The minimum absolute atomic E-state index is 0.0938. The van der Waals surface area contributed by atoms with Gasteiger partial charge in [0.25, 0.3) is 5.91 Å². The van der Waals surface area contributed by atoms with Gasteiger partial charge < -0.3 is 14.8 Å². The smallest absolute Gasteiger partial charge is 0.262 e. The predicted molar refractivity (Wildman–Crippen MR) is 101 cm³/mol. The van der Waals surface area contributed by atoms with E-state index in [9.17, 15) is 4.79 Å². The SMILES string of the molecule is CC1(C)Cc2cccc(OCC(=O)Nc3cncc4ccccc34)c2O1. The highest BCUT2D eigenvalue weighted by Crippen LogP contribution is 2.41. The summed E-state index contributed by atoms with van der Waals surface area (Å²) in [5.74, 6) is 1.09. The van der Waals surface area contributed by atoms with Gasteiger partial charge in [0.2, 0.25) is 0 Å². The highest BCUT2D eigenvalue weighted by atomic mass is 16.5. The Labute approximate surface area is 152 Å². The van der Waals surface area contributed by atoms with E-state index < -0.39 is 0 Å². The molecule has 0 saturated carbocycles. The fraction of sp³-hybridized carbons (Fsp3) is 0.238. The number of ether oxygens (including phenoxy) is 2. The van der Waals surface area contributed by atoms with E-state index in [1.807, 2.05) is 56.3 Å². The number of rotatable bonds is 4. The van der Waals surface area contributed by atoms with Crippen molar-refractivity contribution in [3.8, 4) is 11.5 Å². The molecule has 0 fully saturated rings. The van der Waals surface area contributed by atoms with Crippen LogP contribution in [0.3, 0.4) is 0 Å². The van der Waals surface area contributed by atoms with E-state index in [-0.39, 0.29) is 18.1 Å². The molecule has 1 aromatic heterocycles. The number of nitrogens with one attached hydrogen (secondary N) is 1. The molecule has 2 aromatic carbocycles. The number of amides is 1. The Hall–Kier alpha value is -3.08. The number of nitrogens with zero attached hydrogens (tertiary/aromatic N) is 1. The Kier molecular flexibility index (Phi) is 3.99. The molecule has 0 unspecified atom stereocenters. The molecule has 2 heterocycles. The van der Waals surface area contributed by atoms with Crippen molar-refractivity contribution in [2.75, 3.05) is 11.9 Å². The molecule has 0 saturated heterocycles. The lowest BCUT2D eigenvalue weighted by atomic mass is 10.0. The third-order valence-electron chi connectivity index (χ3n) is 4.36. The number of hydrogen-bond donors (Lipinski definition) is 1. The molecule has 5 nitrogen and oxygen atoms in total. The Morgan fingerprint density at radius 1 is 1.19 bits per heavy atom. The number of aromatic nitrogens is 1. The van der Waals surface area contributed by atoms with Gasteiger partial charge in [-0.1, -0.05) is 36.4 Å². The van der Waals surface area contributed by atoms with E-state index >= 15 is 0 Å². The number of pyridine rings is 1. The lowest BCUT2D eigenvalue weighted by Gasteiger charge is -2.18. The number of fused-ring (bicyclic) bond motifs is 2. The lowest BCUT2D eigenvalue weighted by molar-refractivity contribution is -0.118. The number of hydrogen-bond acceptors (Lipinski definition) is 4. The molecule has 1 N–H and O–H groups in total. The normalized spacial score (nSPS) is 14.5. The molecule has 132 valence electrons. The van der Waals surface area contributed by atoms with Crippen LogP contribution in [0.1, 0.15) is 19.4 Å². The zero-order chi connectivity index (χ0) is 18.1. The van der Waals surface area contributed by atoms with Crippen molar-refractivity contribution in [2.24, 2.45) is 0 Å². The first-order chi connectivity index (χ1) is 12.5. The molecule has 1 aliphatic rings. The number of carbonyl (C=O) groups excluding carboxylic acids is 1. The van der Waals surface area contributed by atoms with Crippen molar-refractivity contribution in [3.05, 3.63) is 60.4 Å². The Bertz CT molecular complexity index is 977. The third kappa shape index (κ3) is 3.20. The van der Waals surface area contributed by atoms with Crippen LogP contribution >= 0.6 is 0 Å². The maximum atomic E-state index is 12.4. The summed E-state index contributed by atoms with van der Waals surface area (Å²) in [6.45, 7) is 3.98. The van der Waals surface area contributed by atoms with Crippen LogP contribution in [0.15, 0.2) is 54.9 Å². The molecule has 0 aliphatic carbocycles. The topological polar surface area (TPSA) is 60.5 Å². The molecule has 0 spiro atoms. The van der Waals surface area contributed by atoms with Crippen molar-refractivity contribution < 1.29 is 14.3 Å². The van der Waals surface area contributed by atoms with Crippen LogP contribution in [0, 0.1) is 0 Å². The van der Waals surface area contributed by atoms with Gasteiger partial charge in [-0.05, 0) is 19.9 Å². The quantitative estimate of drug-likeness (QED) is 0.775. The average Bonchev–Trinajstić information content (AvgIpc) is 2.94. The summed E-state index contributed by atoms with van der Waals surface area (Å²) in [5, 5.41) is 4.79. The second-order valence-electron chi connectivity index (χ2n) is 7.03. The van der Waals surface area contributed by atoms with Crippen molar-refractivity contribution in [3.63, 3.8) is 0 Å². The van der Waals surface area contributed by atoms with Gasteiger partial charge in [-0.15, -0.1) is 0 Å². The third-order valence-corrected chi connectivity index (χ3v) is 4.36. The largest absolute Gasteiger partial charge is 0.483 e. The number of carbonyl (C=O) groups is 1. The van der Waals surface area contributed by atoms with Crippen LogP contribution < -0.4 is 14.8 Å². The molecule has 1 aliphatic heterocycles. The number of benzene rings is 2. The van der Waals surface area contributed by atoms with Crippen LogP contribution in [0.2, 0.25) is 0 Å². The Balaban J connectivity index is 1.46. The summed E-state index contributed by atoms with van der Waals surface area (Å²) >= 11 is 0. The standard InChI is InChI=1S/C21H20N2O3/c1-21(2)10-14-7-5-9-18(20(14)26-21)25-13-19(24)23-17-12-22-11-15-6-3-4-8-16(15)17/h3-9,11-12H,10,13H2,1-2H3,(H,23,24). The lowest BCUT2D eigenvalue weighted by Crippen LogP contribution is -2.25. The zero-order valence-electron chi connectivity index (χ0n) is 14.8. The van der Waals surface area contributed by atoms with Gasteiger partial charge in [-0.3, -0.25) is 9.78 Å². The van der Waals surface area contributed by atoms with E-state index in [2.05, 4.69) is 10.3 Å². The second-order valence-corrected chi connectivity index (χ2v) is 7.03. The zero-order valence-corrected chi connectivity index (χ0v) is 14.8. The van der Waals surface area contributed by atoms with E-state index in [4.69, 9.17) is 9.47 Å². The van der Waals surface area contributed by atoms with Gasteiger partial charge in [0.15, 0.2) is 18.1 Å². The molecule has 1 amide bonds. The molecule has 0 atom stereocenters. The number of para-hydroxylation sites is 1. The molecule has 26 heavy (non-hydrogen) atoms.